The first-order valence-corrected chi connectivity index (χ1v) is 5.19. The number of aliphatic carboxylic acids is 1. The molecule has 1 aliphatic heterocycles. The van der Waals surface area contributed by atoms with E-state index >= 15 is 0 Å². The number of rotatable bonds is 2. The van der Waals surface area contributed by atoms with Gasteiger partial charge in [-0.15, -0.1) is 12.1 Å². The summed E-state index contributed by atoms with van der Waals surface area (Å²) in [5.74, 6) is 0.910. The Labute approximate surface area is 123 Å². The molecular formula is C12H15NaO4. The predicted octanol–water partition coefficient (Wildman–Crippen LogP) is -0.737. The van der Waals surface area contributed by atoms with E-state index in [9.17, 15) is 4.79 Å². The van der Waals surface area contributed by atoms with E-state index in [1.54, 1.807) is 6.92 Å². The summed E-state index contributed by atoms with van der Waals surface area (Å²) in [6.45, 7) is 4.03. The molecule has 0 fully saturated rings. The van der Waals surface area contributed by atoms with Gasteiger partial charge in [-0.05, 0) is 0 Å². The molecule has 1 N–H and O–H groups in total. The molecule has 0 saturated heterocycles. The van der Waals surface area contributed by atoms with Crippen LogP contribution in [-0.2, 0) is 11.2 Å². The van der Waals surface area contributed by atoms with E-state index < -0.39 is 5.97 Å². The fourth-order valence-corrected chi connectivity index (χ4v) is 1.09. The van der Waals surface area contributed by atoms with Gasteiger partial charge in [0.25, 0.3) is 0 Å². The zero-order chi connectivity index (χ0) is 12.0. The normalized spacial score (nSPS) is 10.9. The minimum absolute atomic E-state index is 0. The maximum Gasteiger partial charge on any atom is 1.00 e. The Morgan fingerprint density at radius 3 is 2.53 bits per heavy atom. The molecule has 1 aliphatic rings. The standard InChI is InChI=1S/C9H9O2.C3H6O2.Na/c1-2-7-3-4-8-9(5-7)11-6-10-8;1-2-3(4)5;/h4-5H,2,6H2,1H3;2H2,1H3,(H,4,5);/q-1;;+1. The van der Waals surface area contributed by atoms with Crippen molar-refractivity contribution in [3.63, 3.8) is 0 Å². The van der Waals surface area contributed by atoms with Crippen LogP contribution in [0.3, 0.4) is 0 Å². The topological polar surface area (TPSA) is 55.8 Å². The third kappa shape index (κ3) is 5.44. The molecule has 0 aliphatic carbocycles. The minimum Gasteiger partial charge on any atom is -0.516 e. The number of hydrogen-bond acceptors (Lipinski definition) is 3. The summed E-state index contributed by atoms with van der Waals surface area (Å²) < 4.78 is 10.3. The Kier molecular flexibility index (Phi) is 8.04. The van der Waals surface area contributed by atoms with Gasteiger partial charge < -0.3 is 14.6 Å². The second kappa shape index (κ2) is 8.39. The number of ether oxygens (including phenoxy) is 2. The predicted molar refractivity (Wildman–Crippen MR) is 58.7 cm³/mol. The molecule has 0 aromatic heterocycles. The van der Waals surface area contributed by atoms with E-state index in [2.05, 4.69) is 13.0 Å². The molecule has 0 spiro atoms. The quantitative estimate of drug-likeness (QED) is 0.552. The van der Waals surface area contributed by atoms with Crippen LogP contribution in [0, 0.1) is 6.07 Å². The second-order valence-corrected chi connectivity index (χ2v) is 3.19. The van der Waals surface area contributed by atoms with Crippen LogP contribution in [-0.4, -0.2) is 17.9 Å². The number of fused-ring (bicyclic) bond motifs is 1. The third-order valence-electron chi connectivity index (χ3n) is 2.05. The monoisotopic (exact) mass is 246 g/mol. The Balaban J connectivity index is 0.000000373. The summed E-state index contributed by atoms with van der Waals surface area (Å²) in [4.78, 5) is 9.37. The number of carbonyl (C=O) groups is 1. The van der Waals surface area contributed by atoms with Crippen LogP contribution in [0.25, 0.3) is 0 Å². The Bertz CT molecular complexity index is 366. The van der Waals surface area contributed by atoms with E-state index in [-0.39, 0.29) is 36.0 Å². The van der Waals surface area contributed by atoms with E-state index in [1.165, 1.54) is 0 Å². The Morgan fingerprint density at radius 2 is 2.00 bits per heavy atom. The van der Waals surface area contributed by atoms with Gasteiger partial charge in [0.1, 0.15) is 0 Å². The van der Waals surface area contributed by atoms with Gasteiger partial charge in [-0.3, -0.25) is 4.79 Å². The average Bonchev–Trinajstić information content (AvgIpc) is 2.76. The molecule has 0 atom stereocenters. The van der Waals surface area contributed by atoms with Crippen molar-refractivity contribution >= 4 is 5.97 Å². The molecule has 0 amide bonds. The van der Waals surface area contributed by atoms with Gasteiger partial charge in [0, 0.05) is 6.42 Å². The van der Waals surface area contributed by atoms with Crippen molar-refractivity contribution in [3.8, 4) is 11.5 Å². The zero-order valence-corrected chi connectivity index (χ0v) is 12.4. The number of hydrogen-bond donors (Lipinski definition) is 1. The molecule has 0 bridgehead atoms. The van der Waals surface area contributed by atoms with Crippen molar-refractivity contribution in [1.29, 1.82) is 0 Å². The summed E-state index contributed by atoms with van der Waals surface area (Å²) in [7, 11) is 0. The van der Waals surface area contributed by atoms with Gasteiger partial charge in [0.15, 0.2) is 0 Å². The van der Waals surface area contributed by atoms with Gasteiger partial charge in [-0.25, -0.2) is 0 Å². The molecule has 2 rings (SSSR count). The van der Waals surface area contributed by atoms with Crippen LogP contribution in [0.4, 0.5) is 0 Å². The first-order chi connectivity index (χ1) is 7.67. The fraction of sp³-hybridized carbons (Fsp3) is 0.417. The van der Waals surface area contributed by atoms with Gasteiger partial charge in [0.2, 0.25) is 6.79 Å². The molecule has 0 saturated carbocycles. The number of carboxylic acid groups (broad SMARTS) is 1. The second-order valence-electron chi connectivity index (χ2n) is 3.19. The molecule has 0 unspecified atom stereocenters. The van der Waals surface area contributed by atoms with Crippen LogP contribution >= 0.6 is 0 Å². The first kappa shape index (κ1) is 16.3. The Hall–Kier alpha value is -0.710. The summed E-state index contributed by atoms with van der Waals surface area (Å²) in [5, 5.41) is 7.72. The van der Waals surface area contributed by atoms with Crippen molar-refractivity contribution < 1.29 is 48.9 Å². The van der Waals surface area contributed by atoms with Crippen LogP contribution in [0.15, 0.2) is 12.1 Å². The molecule has 0 radical (unpaired) electrons. The van der Waals surface area contributed by atoms with Crippen molar-refractivity contribution in [2.75, 3.05) is 6.79 Å². The van der Waals surface area contributed by atoms with E-state index in [4.69, 9.17) is 14.6 Å². The van der Waals surface area contributed by atoms with Crippen LogP contribution in [0.5, 0.6) is 11.5 Å². The van der Waals surface area contributed by atoms with Gasteiger partial charge in [-0.2, -0.15) is 11.6 Å². The van der Waals surface area contributed by atoms with E-state index in [0.717, 1.165) is 23.5 Å². The van der Waals surface area contributed by atoms with Gasteiger partial charge in [0.05, 0.1) is 11.5 Å². The molecular weight excluding hydrogens is 231 g/mol. The van der Waals surface area contributed by atoms with Crippen molar-refractivity contribution in [2.45, 2.75) is 26.7 Å². The molecule has 1 aromatic carbocycles. The minimum atomic E-state index is -0.745. The van der Waals surface area contributed by atoms with Gasteiger partial charge >= 0.3 is 35.5 Å². The first-order valence-electron chi connectivity index (χ1n) is 5.19. The molecule has 5 heteroatoms. The van der Waals surface area contributed by atoms with Crippen LogP contribution in [0.2, 0.25) is 0 Å². The van der Waals surface area contributed by atoms with Crippen molar-refractivity contribution in [1.82, 2.24) is 0 Å². The molecule has 17 heavy (non-hydrogen) atoms. The van der Waals surface area contributed by atoms with E-state index in [1.807, 2.05) is 12.1 Å². The summed E-state index contributed by atoms with van der Waals surface area (Å²) in [6.07, 6.45) is 1.20. The van der Waals surface area contributed by atoms with Crippen LogP contribution in [0.1, 0.15) is 25.8 Å². The molecule has 1 heterocycles. The van der Waals surface area contributed by atoms with Crippen LogP contribution < -0.4 is 39.0 Å². The summed E-state index contributed by atoms with van der Waals surface area (Å²) in [6, 6.07) is 6.92. The summed E-state index contributed by atoms with van der Waals surface area (Å²) in [5.41, 5.74) is 1.16. The SMILES string of the molecule is CCC(=O)O.CCc1[c-]cc2c(c1)OCO2.[Na+]. The maximum absolute atomic E-state index is 9.37. The number of benzene rings is 1. The fourth-order valence-electron chi connectivity index (χ4n) is 1.09. The smallest absolute Gasteiger partial charge is 0.516 e. The zero-order valence-electron chi connectivity index (χ0n) is 10.4. The molecule has 4 nitrogen and oxygen atoms in total. The third-order valence-corrected chi connectivity index (χ3v) is 2.05. The summed E-state index contributed by atoms with van der Waals surface area (Å²) >= 11 is 0. The maximum atomic E-state index is 9.37. The van der Waals surface area contributed by atoms with Gasteiger partial charge in [-0.1, -0.05) is 20.3 Å². The molecule has 88 valence electrons. The largest absolute Gasteiger partial charge is 1.00 e. The number of aryl methyl sites for hydroxylation is 1. The average molecular weight is 246 g/mol. The van der Waals surface area contributed by atoms with Crippen molar-refractivity contribution in [3.05, 3.63) is 23.8 Å². The van der Waals surface area contributed by atoms with Crippen molar-refractivity contribution in [2.24, 2.45) is 0 Å². The molecule has 1 aromatic rings. The Morgan fingerprint density at radius 1 is 1.41 bits per heavy atom. The van der Waals surface area contributed by atoms with E-state index in [0.29, 0.717) is 6.79 Å². The number of carboxylic acids is 1.